The maximum Gasteiger partial charge on any atom is 0.200 e. The topological polar surface area (TPSA) is 522 Å². The summed E-state index contributed by atoms with van der Waals surface area (Å²) in [5.74, 6) is -27.1. The fourth-order valence-electron chi connectivity index (χ4n) is 12.3. The fourth-order valence-corrected chi connectivity index (χ4v) is 12.3. The highest BCUT2D eigenvalue weighted by Gasteiger charge is 2.53. The molecule has 4 aliphatic rings. The Bertz CT molecular complexity index is 4180. The second kappa shape index (κ2) is 20.2. The van der Waals surface area contributed by atoms with E-state index in [0.29, 0.717) is 12.1 Å². The molecule has 28 nitrogen and oxygen atoms in total. The van der Waals surface area contributed by atoms with Crippen molar-refractivity contribution in [1.29, 1.82) is 0 Å². The Hall–Kier alpha value is -11.2. The molecular weight excluding hydrogens is 1170 g/mol. The van der Waals surface area contributed by atoms with Gasteiger partial charge in [0.2, 0.25) is 0 Å². The van der Waals surface area contributed by atoms with Crippen molar-refractivity contribution in [3.63, 3.8) is 0 Å². The molecule has 24 N–H and O–H groups in total. The van der Waals surface area contributed by atoms with Gasteiger partial charge in [-0.1, -0.05) is 0 Å². The number of ether oxygens (including phenoxy) is 4. The molecule has 10 atom stereocenters. The number of phenols is 20. The maximum absolute atomic E-state index is 13.5. The van der Waals surface area contributed by atoms with Gasteiger partial charge < -0.3 is 142 Å². The molecule has 0 aliphatic carbocycles. The molecule has 88 heavy (non-hydrogen) atoms. The van der Waals surface area contributed by atoms with E-state index in [9.17, 15) is 123 Å². The predicted octanol–water partition coefficient (Wildman–Crippen LogP) is 4.79. The lowest BCUT2D eigenvalue weighted by Crippen LogP contribution is -2.39. The molecule has 0 saturated carbocycles. The minimum Gasteiger partial charge on any atom is -0.508 e. The van der Waals surface area contributed by atoms with E-state index in [1.165, 1.54) is 0 Å². The maximum atomic E-state index is 13.5. The van der Waals surface area contributed by atoms with Crippen LogP contribution in [0.4, 0.5) is 0 Å². The number of phenolic OH excluding ortho intramolecular Hbond substituents is 20. The van der Waals surface area contributed by atoms with E-state index < -0.39 is 250 Å². The molecule has 28 heteroatoms. The number of aromatic hydroxyl groups is 20. The van der Waals surface area contributed by atoms with Crippen molar-refractivity contribution < 1.29 is 142 Å². The van der Waals surface area contributed by atoms with Crippen LogP contribution in [0.1, 0.15) is 91.9 Å². The Morgan fingerprint density at radius 2 is 0.614 bits per heavy atom. The summed E-state index contributed by atoms with van der Waals surface area (Å²) in [5, 5.41) is 274. The highest BCUT2D eigenvalue weighted by atomic mass is 16.5. The standard InChI is InChI=1S/C60H50O28/c61-19-9-24(64)38-37(10-19)85-56(17-5-31(71)48(79)32(72)6-17)52(83)41(38)44-50(81)43(40-26(66)14-23(63)21-12-36(76)55(87-59(21)40)16-3-29(69)47(78)30(70)4-16)51(82)45-42(53(84)57(88-60(44)45)18-7-33(73)49(80)34(74)8-18)39-25(65)13-22(62)20-11-35(75)54(86-58(20)39)15-1-27(67)46(77)28(68)2-15/h1-10,13-14,35-36,41-42,52-57,61-84H,11-12H2/t35?,36?,41?,42?,52?,53?,54-,55-,56-,57-/m1/s1. The highest BCUT2D eigenvalue weighted by Crippen LogP contribution is 2.67. The lowest BCUT2D eigenvalue weighted by molar-refractivity contribution is -0.00566. The van der Waals surface area contributed by atoms with Crippen molar-refractivity contribution in [2.24, 2.45) is 0 Å². The highest BCUT2D eigenvalue weighted by molar-refractivity contribution is 5.92. The molecular formula is C60H50O28. The van der Waals surface area contributed by atoms with Crippen LogP contribution in [-0.2, 0) is 12.8 Å². The van der Waals surface area contributed by atoms with Crippen molar-refractivity contribution in [2.75, 3.05) is 0 Å². The number of aliphatic hydroxyl groups excluding tert-OH is 4. The minimum atomic E-state index is -2.41. The van der Waals surface area contributed by atoms with Gasteiger partial charge in [0, 0.05) is 92.7 Å². The molecule has 0 saturated heterocycles. The minimum absolute atomic E-state index is 0.255. The van der Waals surface area contributed by atoms with Crippen LogP contribution in [0.5, 0.6) is 138 Å². The lowest BCUT2D eigenvalue weighted by Gasteiger charge is -2.43. The van der Waals surface area contributed by atoms with Crippen LogP contribution in [0, 0.1) is 0 Å². The van der Waals surface area contributed by atoms with E-state index in [0.717, 1.165) is 60.7 Å². The molecule has 0 radical (unpaired) electrons. The third kappa shape index (κ3) is 8.67. The molecule has 8 aromatic carbocycles. The Morgan fingerprint density at radius 3 is 1.05 bits per heavy atom. The quantitative estimate of drug-likeness (QED) is 0.0953. The number of hydrogen-bond donors (Lipinski definition) is 24. The number of hydrogen-bond acceptors (Lipinski definition) is 28. The second-order valence-corrected chi connectivity index (χ2v) is 21.6. The SMILES string of the molecule is Oc1cc(O)c2c(c1)O[C@H](c1cc(O)c(O)c(O)c1)C(O)C2c1c(O)c(-c2c(O)cc(O)c3c2O[C@H](c2cc(O)c(O)c(O)c2)C(O)C3)c(O)c2c1O[C@H](c1cc(O)c(O)c(O)c1)C(O)C2c1c(O)cc(O)c2c1O[C@H](c1cc(O)c(O)c(O)c1)C(O)C2. The zero-order valence-electron chi connectivity index (χ0n) is 44.5. The second-order valence-electron chi connectivity index (χ2n) is 21.6. The van der Waals surface area contributed by atoms with Crippen LogP contribution in [0.2, 0.25) is 0 Å². The van der Waals surface area contributed by atoms with Crippen LogP contribution in [0.3, 0.4) is 0 Å². The van der Waals surface area contributed by atoms with Crippen LogP contribution < -0.4 is 18.9 Å². The van der Waals surface area contributed by atoms with Crippen molar-refractivity contribution in [1.82, 2.24) is 0 Å². The van der Waals surface area contributed by atoms with Crippen molar-refractivity contribution in [3.8, 4) is 149 Å². The van der Waals surface area contributed by atoms with Crippen molar-refractivity contribution in [3.05, 3.63) is 128 Å². The molecule has 6 unspecified atom stereocenters. The first kappa shape index (κ1) is 57.2. The number of aliphatic hydroxyl groups is 4. The van der Waals surface area contributed by atoms with Gasteiger partial charge in [0.05, 0.1) is 35.2 Å². The monoisotopic (exact) mass is 1220 g/mol. The Labute approximate surface area is 491 Å². The molecule has 12 rings (SSSR count). The molecule has 0 aromatic heterocycles. The van der Waals surface area contributed by atoms with E-state index in [-0.39, 0.29) is 27.8 Å². The molecule has 4 heterocycles. The number of benzene rings is 8. The summed E-state index contributed by atoms with van der Waals surface area (Å²) in [6.45, 7) is 0. The van der Waals surface area contributed by atoms with Gasteiger partial charge in [0.15, 0.2) is 93.4 Å². The summed E-state index contributed by atoms with van der Waals surface area (Å²) in [7, 11) is 0. The van der Waals surface area contributed by atoms with E-state index in [1.54, 1.807) is 0 Å². The number of rotatable bonds is 7. The summed E-state index contributed by atoms with van der Waals surface area (Å²) >= 11 is 0. The molecule has 0 spiro atoms. The molecule has 8 aromatic rings. The van der Waals surface area contributed by atoms with Crippen molar-refractivity contribution in [2.45, 2.75) is 73.5 Å². The summed E-state index contributed by atoms with van der Waals surface area (Å²) in [4.78, 5) is 0. The average Bonchev–Trinajstić information content (AvgIpc) is 0.735. The van der Waals surface area contributed by atoms with Gasteiger partial charge in [-0.2, -0.15) is 0 Å². The van der Waals surface area contributed by atoms with Crippen LogP contribution in [0.25, 0.3) is 11.1 Å². The van der Waals surface area contributed by atoms with E-state index in [4.69, 9.17) is 18.9 Å². The number of fused-ring (bicyclic) bond motifs is 4. The Balaban J connectivity index is 1.22. The largest absolute Gasteiger partial charge is 0.508 e. The van der Waals surface area contributed by atoms with Crippen LogP contribution >= 0.6 is 0 Å². The molecule has 4 aliphatic heterocycles. The van der Waals surface area contributed by atoms with Gasteiger partial charge in [0.1, 0.15) is 81.2 Å². The third-order valence-corrected chi connectivity index (χ3v) is 16.3. The smallest absolute Gasteiger partial charge is 0.200 e. The van der Waals surface area contributed by atoms with E-state index in [1.807, 2.05) is 0 Å². The molecule has 0 fully saturated rings. The zero-order chi connectivity index (χ0) is 63.3. The summed E-state index contributed by atoms with van der Waals surface area (Å²) < 4.78 is 25.5. The normalized spacial score (nSPS) is 22.6. The van der Waals surface area contributed by atoms with Crippen molar-refractivity contribution >= 4 is 0 Å². The first-order chi connectivity index (χ1) is 41.6. The molecule has 458 valence electrons. The Morgan fingerprint density at radius 1 is 0.273 bits per heavy atom. The fraction of sp³-hybridized carbons (Fsp3) is 0.200. The van der Waals surface area contributed by atoms with Crippen LogP contribution in [-0.4, -0.2) is 147 Å². The van der Waals surface area contributed by atoms with Gasteiger partial charge in [0.25, 0.3) is 0 Å². The average molecular weight is 1220 g/mol. The Kier molecular flexibility index (Phi) is 13.2. The third-order valence-electron chi connectivity index (χ3n) is 16.3. The molecule has 0 amide bonds. The summed E-state index contributed by atoms with van der Waals surface area (Å²) in [5.41, 5.74) is -6.96. The van der Waals surface area contributed by atoms with E-state index in [2.05, 4.69) is 0 Å². The van der Waals surface area contributed by atoms with Crippen LogP contribution in [0.15, 0.2) is 72.8 Å². The van der Waals surface area contributed by atoms with Gasteiger partial charge in [-0.25, -0.2) is 0 Å². The van der Waals surface area contributed by atoms with Gasteiger partial charge >= 0.3 is 0 Å². The summed E-state index contributed by atoms with van der Waals surface area (Å²) in [6, 6.07) is 9.76. The first-order valence-electron chi connectivity index (χ1n) is 26.3. The summed E-state index contributed by atoms with van der Waals surface area (Å²) in [6.07, 6.45) is -17.1. The van der Waals surface area contributed by atoms with Gasteiger partial charge in [-0.3, -0.25) is 0 Å². The zero-order valence-corrected chi connectivity index (χ0v) is 44.5. The lowest BCUT2D eigenvalue weighted by atomic mass is 9.72. The van der Waals surface area contributed by atoms with Gasteiger partial charge in [-0.05, 0) is 48.5 Å². The first-order valence-corrected chi connectivity index (χ1v) is 26.3. The molecule has 0 bridgehead atoms. The van der Waals surface area contributed by atoms with Gasteiger partial charge in [-0.15, -0.1) is 0 Å². The predicted molar refractivity (Wildman–Crippen MR) is 292 cm³/mol. The van der Waals surface area contributed by atoms with E-state index >= 15 is 0 Å².